The lowest BCUT2D eigenvalue weighted by atomic mass is 10.2. The van der Waals surface area contributed by atoms with Crippen molar-refractivity contribution in [1.29, 1.82) is 0 Å². The lowest BCUT2D eigenvalue weighted by Gasteiger charge is -2.19. The highest BCUT2D eigenvalue weighted by Gasteiger charge is 2.33. The quantitative estimate of drug-likeness (QED) is 0.778. The zero-order chi connectivity index (χ0) is 11.5. The van der Waals surface area contributed by atoms with Crippen molar-refractivity contribution in [2.24, 2.45) is 0 Å². The third-order valence-corrected chi connectivity index (χ3v) is 3.10. The van der Waals surface area contributed by atoms with Gasteiger partial charge in [0, 0.05) is 27.3 Å². The topological polar surface area (TPSA) is 47.7 Å². The van der Waals surface area contributed by atoms with Crippen LogP contribution in [0.2, 0.25) is 0 Å². The number of hydrogen-bond acceptors (Lipinski definition) is 4. The van der Waals surface area contributed by atoms with Crippen molar-refractivity contribution < 1.29 is 9.47 Å². The highest BCUT2D eigenvalue weighted by molar-refractivity contribution is 5.67. The first-order chi connectivity index (χ1) is 7.76. The molecular formula is C12H18N2O2. The Morgan fingerprint density at radius 1 is 1.12 bits per heavy atom. The molecule has 2 rings (SSSR count). The average Bonchev–Trinajstić information content (AvgIpc) is 2.72. The van der Waals surface area contributed by atoms with Crippen molar-refractivity contribution in [3.63, 3.8) is 0 Å². The van der Waals surface area contributed by atoms with E-state index in [1.807, 2.05) is 24.3 Å². The van der Waals surface area contributed by atoms with Gasteiger partial charge in [0.1, 0.15) is 12.2 Å². The summed E-state index contributed by atoms with van der Waals surface area (Å²) >= 11 is 0. The van der Waals surface area contributed by atoms with Gasteiger partial charge < -0.3 is 20.1 Å². The largest absolute Gasteiger partial charge is 0.397 e. The van der Waals surface area contributed by atoms with Gasteiger partial charge in [-0.3, -0.25) is 0 Å². The van der Waals surface area contributed by atoms with Gasteiger partial charge >= 0.3 is 0 Å². The highest BCUT2D eigenvalue weighted by Crippen LogP contribution is 2.27. The molecule has 4 nitrogen and oxygen atoms in total. The summed E-state index contributed by atoms with van der Waals surface area (Å²) in [6, 6.07) is 7.88. The van der Waals surface area contributed by atoms with Crippen LogP contribution >= 0.6 is 0 Å². The Morgan fingerprint density at radius 3 is 2.19 bits per heavy atom. The average molecular weight is 222 g/mol. The molecule has 1 aromatic rings. The van der Waals surface area contributed by atoms with E-state index < -0.39 is 0 Å². The van der Waals surface area contributed by atoms with Crippen LogP contribution in [0.4, 0.5) is 11.4 Å². The third-order valence-electron chi connectivity index (χ3n) is 3.10. The first-order valence-electron chi connectivity index (χ1n) is 5.41. The van der Waals surface area contributed by atoms with Crippen LogP contribution in [0.1, 0.15) is 0 Å². The van der Waals surface area contributed by atoms with Crippen molar-refractivity contribution in [1.82, 2.24) is 0 Å². The summed E-state index contributed by atoms with van der Waals surface area (Å²) in [5.74, 6) is 0. The molecule has 88 valence electrons. The van der Waals surface area contributed by atoms with Gasteiger partial charge in [-0.25, -0.2) is 0 Å². The Bertz CT molecular complexity index is 345. The van der Waals surface area contributed by atoms with Gasteiger partial charge in [-0.05, 0) is 12.1 Å². The van der Waals surface area contributed by atoms with Crippen molar-refractivity contribution in [2.75, 3.05) is 37.9 Å². The lowest BCUT2D eigenvalue weighted by Crippen LogP contribution is -2.27. The number of anilines is 2. The number of para-hydroxylation sites is 2. The second-order valence-electron chi connectivity index (χ2n) is 4.01. The monoisotopic (exact) mass is 222 g/mol. The normalized spacial score (nSPS) is 25.0. The Morgan fingerprint density at radius 2 is 1.69 bits per heavy atom. The second-order valence-corrected chi connectivity index (χ2v) is 4.01. The zero-order valence-corrected chi connectivity index (χ0v) is 9.72. The minimum absolute atomic E-state index is 0.115. The Kier molecular flexibility index (Phi) is 3.31. The van der Waals surface area contributed by atoms with E-state index in [0.717, 1.165) is 24.5 Å². The third kappa shape index (κ3) is 1.99. The number of nitrogen functional groups attached to an aromatic ring is 1. The van der Waals surface area contributed by atoms with E-state index in [2.05, 4.69) is 4.90 Å². The minimum Gasteiger partial charge on any atom is -0.397 e. The molecule has 1 saturated heterocycles. The molecule has 0 aromatic heterocycles. The van der Waals surface area contributed by atoms with E-state index in [0.29, 0.717) is 0 Å². The van der Waals surface area contributed by atoms with E-state index in [4.69, 9.17) is 15.2 Å². The number of ether oxygens (including phenoxy) is 2. The van der Waals surface area contributed by atoms with Crippen LogP contribution in [0.3, 0.4) is 0 Å². The lowest BCUT2D eigenvalue weighted by molar-refractivity contribution is -0.00461. The van der Waals surface area contributed by atoms with Crippen LogP contribution < -0.4 is 10.6 Å². The highest BCUT2D eigenvalue weighted by atomic mass is 16.5. The maximum absolute atomic E-state index is 5.95. The summed E-state index contributed by atoms with van der Waals surface area (Å²) in [7, 11) is 3.43. The van der Waals surface area contributed by atoms with Crippen molar-refractivity contribution in [2.45, 2.75) is 12.2 Å². The predicted octanol–water partition coefficient (Wildman–Crippen LogP) is 1.12. The fourth-order valence-corrected chi connectivity index (χ4v) is 2.17. The SMILES string of the molecule is CO[C@H]1CN(c2ccccc2N)C[C@@H]1OC. The predicted molar refractivity (Wildman–Crippen MR) is 64.7 cm³/mol. The molecule has 1 fully saturated rings. The van der Waals surface area contributed by atoms with Crippen molar-refractivity contribution in [3.05, 3.63) is 24.3 Å². The van der Waals surface area contributed by atoms with Gasteiger partial charge in [-0.1, -0.05) is 12.1 Å². The molecule has 0 saturated carbocycles. The van der Waals surface area contributed by atoms with Gasteiger partial charge in [-0.2, -0.15) is 0 Å². The summed E-state index contributed by atoms with van der Waals surface area (Å²) in [6.45, 7) is 1.65. The molecule has 0 bridgehead atoms. The number of nitrogens with zero attached hydrogens (tertiary/aromatic N) is 1. The first-order valence-corrected chi connectivity index (χ1v) is 5.41. The Labute approximate surface area is 95.9 Å². The molecule has 4 heteroatoms. The van der Waals surface area contributed by atoms with Crippen LogP contribution in [0.5, 0.6) is 0 Å². The van der Waals surface area contributed by atoms with E-state index in [1.54, 1.807) is 14.2 Å². The number of hydrogen-bond donors (Lipinski definition) is 1. The van der Waals surface area contributed by atoms with E-state index in [9.17, 15) is 0 Å². The summed E-state index contributed by atoms with van der Waals surface area (Å²) in [6.07, 6.45) is 0.231. The molecule has 0 amide bonds. The first kappa shape index (κ1) is 11.2. The van der Waals surface area contributed by atoms with Crippen LogP contribution in [0.15, 0.2) is 24.3 Å². The number of methoxy groups -OCH3 is 2. The molecule has 2 atom stereocenters. The number of benzene rings is 1. The van der Waals surface area contributed by atoms with Crippen molar-refractivity contribution >= 4 is 11.4 Å². The summed E-state index contributed by atoms with van der Waals surface area (Å²) in [5.41, 5.74) is 7.81. The molecule has 1 heterocycles. The molecule has 0 spiro atoms. The summed E-state index contributed by atoms with van der Waals surface area (Å²) < 4.78 is 10.8. The molecule has 1 aromatic carbocycles. The maximum atomic E-state index is 5.95. The van der Waals surface area contributed by atoms with Gasteiger partial charge in [0.15, 0.2) is 0 Å². The number of nitrogens with two attached hydrogens (primary N) is 1. The minimum atomic E-state index is 0.115. The van der Waals surface area contributed by atoms with Crippen LogP contribution in [0.25, 0.3) is 0 Å². The summed E-state index contributed by atoms with van der Waals surface area (Å²) in [4.78, 5) is 2.21. The standard InChI is InChI=1S/C12H18N2O2/c1-15-11-7-14(8-12(11)16-2)10-6-4-3-5-9(10)13/h3-6,11-12H,7-8,13H2,1-2H3/t11-,12-/m0/s1. The Hall–Kier alpha value is -1.26. The zero-order valence-electron chi connectivity index (χ0n) is 9.72. The van der Waals surface area contributed by atoms with Gasteiger partial charge in [-0.15, -0.1) is 0 Å². The van der Waals surface area contributed by atoms with E-state index in [1.165, 1.54) is 0 Å². The Balaban J connectivity index is 2.16. The van der Waals surface area contributed by atoms with Gasteiger partial charge in [0.05, 0.1) is 11.4 Å². The van der Waals surface area contributed by atoms with Crippen LogP contribution in [-0.4, -0.2) is 39.5 Å². The molecular weight excluding hydrogens is 204 g/mol. The van der Waals surface area contributed by atoms with Gasteiger partial charge in [0.25, 0.3) is 0 Å². The number of rotatable bonds is 3. The summed E-state index contributed by atoms with van der Waals surface area (Å²) in [5, 5.41) is 0. The van der Waals surface area contributed by atoms with Crippen molar-refractivity contribution in [3.8, 4) is 0 Å². The fourth-order valence-electron chi connectivity index (χ4n) is 2.17. The molecule has 0 radical (unpaired) electrons. The molecule has 0 unspecified atom stereocenters. The fraction of sp³-hybridized carbons (Fsp3) is 0.500. The van der Waals surface area contributed by atoms with Crippen LogP contribution in [0, 0.1) is 0 Å². The molecule has 1 aliphatic heterocycles. The smallest absolute Gasteiger partial charge is 0.102 e. The van der Waals surface area contributed by atoms with E-state index in [-0.39, 0.29) is 12.2 Å². The van der Waals surface area contributed by atoms with Crippen LogP contribution in [-0.2, 0) is 9.47 Å². The maximum Gasteiger partial charge on any atom is 0.102 e. The van der Waals surface area contributed by atoms with E-state index >= 15 is 0 Å². The molecule has 2 N–H and O–H groups in total. The molecule has 1 aliphatic rings. The molecule has 0 aliphatic carbocycles. The second kappa shape index (κ2) is 4.72. The van der Waals surface area contributed by atoms with Gasteiger partial charge in [0.2, 0.25) is 0 Å². The molecule has 16 heavy (non-hydrogen) atoms.